The number of aliphatic carboxylic acids is 1. The van der Waals surface area contributed by atoms with E-state index in [0.717, 1.165) is 44.9 Å². The Morgan fingerprint density at radius 2 is 1.74 bits per heavy atom. The Balaban J connectivity index is 1.61. The molecule has 5 rings (SSSR count). The van der Waals surface area contributed by atoms with E-state index in [1.54, 1.807) is 5.57 Å². The van der Waals surface area contributed by atoms with E-state index in [2.05, 4.69) is 46.8 Å². The predicted octanol–water partition coefficient (Wildman–Crippen LogP) is 5.98. The third kappa shape index (κ3) is 2.71. The number of carboxylic acid groups (broad SMARTS) is 1. The molecule has 5 aliphatic carbocycles. The topological polar surface area (TPSA) is 77.8 Å². The summed E-state index contributed by atoms with van der Waals surface area (Å²) in [4.78, 5) is 12.5. The average Bonchev–Trinajstić information content (AvgIpc) is 2.79. The highest BCUT2D eigenvalue weighted by Gasteiger charge is 2.69. The second-order valence-electron chi connectivity index (χ2n) is 13.9. The molecule has 0 heterocycles. The van der Waals surface area contributed by atoms with Crippen LogP contribution in [0.3, 0.4) is 0 Å². The van der Waals surface area contributed by atoms with Crippen molar-refractivity contribution in [3.8, 4) is 0 Å². The van der Waals surface area contributed by atoms with Crippen LogP contribution in [0.4, 0.5) is 0 Å². The van der Waals surface area contributed by atoms with E-state index in [1.165, 1.54) is 5.57 Å². The van der Waals surface area contributed by atoms with Crippen molar-refractivity contribution in [3.05, 3.63) is 23.3 Å². The summed E-state index contributed by atoms with van der Waals surface area (Å²) >= 11 is 0. The number of carboxylic acids is 1. The molecule has 3 saturated carbocycles. The normalized spacial score (nSPS) is 54.5. The number of aliphatic hydroxyl groups is 2. The molecule has 0 spiro atoms. The van der Waals surface area contributed by atoms with Crippen LogP contribution in [-0.2, 0) is 4.79 Å². The molecule has 0 saturated heterocycles. The number of carbonyl (C=O) groups is 1. The summed E-state index contributed by atoms with van der Waals surface area (Å²) in [5.41, 5.74) is 2.01. The number of hydrogen-bond acceptors (Lipinski definition) is 3. The van der Waals surface area contributed by atoms with Crippen LogP contribution in [0.5, 0.6) is 0 Å². The van der Waals surface area contributed by atoms with Gasteiger partial charge in [0, 0.05) is 12.0 Å². The van der Waals surface area contributed by atoms with Crippen LogP contribution in [0, 0.1) is 50.7 Å². The quantitative estimate of drug-likeness (QED) is 0.434. The first-order valence-electron chi connectivity index (χ1n) is 13.7. The first kappa shape index (κ1) is 24.6. The lowest BCUT2D eigenvalue weighted by molar-refractivity contribution is -0.216. The highest BCUT2D eigenvalue weighted by atomic mass is 16.4. The smallest absolute Gasteiger partial charge is 0.312 e. The van der Waals surface area contributed by atoms with Gasteiger partial charge in [-0.15, -0.1) is 0 Å². The predicted molar refractivity (Wildman–Crippen MR) is 134 cm³/mol. The van der Waals surface area contributed by atoms with Crippen LogP contribution >= 0.6 is 0 Å². The monoisotopic (exact) mass is 470 g/mol. The Labute approximate surface area is 205 Å². The summed E-state index contributed by atoms with van der Waals surface area (Å²) in [7, 11) is 0. The van der Waals surface area contributed by atoms with Crippen LogP contribution in [0.2, 0.25) is 0 Å². The van der Waals surface area contributed by atoms with Crippen molar-refractivity contribution in [2.24, 2.45) is 50.7 Å². The molecule has 0 aliphatic heterocycles. The van der Waals surface area contributed by atoms with Crippen molar-refractivity contribution >= 4 is 5.97 Å². The van der Waals surface area contributed by atoms with Gasteiger partial charge in [0.05, 0.1) is 11.5 Å². The Kier molecular flexibility index (Phi) is 5.38. The Bertz CT molecular complexity index is 951. The molecule has 3 fully saturated rings. The third-order valence-corrected chi connectivity index (χ3v) is 13.1. The molecule has 3 N–H and O–H groups in total. The van der Waals surface area contributed by atoms with E-state index in [4.69, 9.17) is 0 Å². The van der Waals surface area contributed by atoms with Gasteiger partial charge >= 0.3 is 5.97 Å². The highest BCUT2D eigenvalue weighted by molar-refractivity contribution is 5.76. The van der Waals surface area contributed by atoms with Crippen molar-refractivity contribution in [1.29, 1.82) is 0 Å². The second kappa shape index (κ2) is 7.44. The molecule has 0 aromatic heterocycles. The Morgan fingerprint density at radius 1 is 1.03 bits per heavy atom. The number of allylic oxidation sites excluding steroid dienone is 4. The summed E-state index contributed by atoms with van der Waals surface area (Å²) in [6, 6.07) is 0. The van der Waals surface area contributed by atoms with Crippen LogP contribution in [-0.4, -0.2) is 34.0 Å². The van der Waals surface area contributed by atoms with E-state index in [-0.39, 0.29) is 34.2 Å². The molecule has 0 unspecified atom stereocenters. The standard InChI is InChI=1S/C30H46O4/c1-18-9-14-30(17-31)16-15-27(4)20(24(30)19(18)2)7-8-21-26(3)12-11-23(32)29(6,25(33)34)22(26)10-13-28(21,27)5/h7,9,19,21-24,31-32H,8,10-17H2,1-6H3,(H,33,34)/t19-,21-,22-,23+,24+,26-,27-,28-,29+,30-/m1/s1. The molecule has 0 radical (unpaired) electrons. The third-order valence-electron chi connectivity index (χ3n) is 13.1. The van der Waals surface area contributed by atoms with Gasteiger partial charge < -0.3 is 15.3 Å². The lowest BCUT2D eigenvalue weighted by Crippen LogP contribution is -2.66. The van der Waals surface area contributed by atoms with Crippen LogP contribution in [0.1, 0.15) is 92.9 Å². The van der Waals surface area contributed by atoms with Gasteiger partial charge in [-0.3, -0.25) is 4.79 Å². The molecule has 10 atom stereocenters. The van der Waals surface area contributed by atoms with E-state index in [9.17, 15) is 20.1 Å². The van der Waals surface area contributed by atoms with Crippen LogP contribution in [0.25, 0.3) is 0 Å². The Morgan fingerprint density at radius 3 is 2.38 bits per heavy atom. The van der Waals surface area contributed by atoms with Gasteiger partial charge in [-0.25, -0.2) is 0 Å². The molecule has 0 bridgehead atoms. The highest BCUT2D eigenvalue weighted by Crippen LogP contribution is 2.75. The maximum absolute atomic E-state index is 12.5. The summed E-state index contributed by atoms with van der Waals surface area (Å²) in [6.45, 7) is 14.1. The minimum atomic E-state index is -1.07. The van der Waals surface area contributed by atoms with E-state index in [0.29, 0.717) is 24.2 Å². The maximum Gasteiger partial charge on any atom is 0.312 e. The van der Waals surface area contributed by atoms with Crippen molar-refractivity contribution in [2.45, 2.75) is 99.0 Å². The fourth-order valence-corrected chi connectivity index (χ4v) is 10.5. The van der Waals surface area contributed by atoms with E-state index >= 15 is 0 Å². The zero-order chi connectivity index (χ0) is 24.9. The molecule has 0 aromatic carbocycles. The molecular weight excluding hydrogens is 424 g/mol. The zero-order valence-corrected chi connectivity index (χ0v) is 22.2. The fourth-order valence-electron chi connectivity index (χ4n) is 10.5. The number of fused-ring (bicyclic) bond motifs is 7. The van der Waals surface area contributed by atoms with E-state index in [1.807, 2.05) is 6.92 Å². The zero-order valence-electron chi connectivity index (χ0n) is 22.2. The van der Waals surface area contributed by atoms with Gasteiger partial charge in [0.25, 0.3) is 0 Å². The molecule has 5 aliphatic rings. The van der Waals surface area contributed by atoms with Gasteiger partial charge in [-0.2, -0.15) is 0 Å². The number of aliphatic hydroxyl groups excluding tert-OH is 2. The summed E-state index contributed by atoms with van der Waals surface area (Å²) in [5.74, 6) is 0.412. The lowest BCUT2D eigenvalue weighted by atomic mass is 9.33. The molecule has 0 amide bonds. The van der Waals surface area contributed by atoms with Crippen molar-refractivity contribution in [3.63, 3.8) is 0 Å². The van der Waals surface area contributed by atoms with Gasteiger partial charge in [0.1, 0.15) is 0 Å². The van der Waals surface area contributed by atoms with E-state index < -0.39 is 17.5 Å². The van der Waals surface area contributed by atoms with Crippen molar-refractivity contribution in [2.75, 3.05) is 6.61 Å². The Hall–Kier alpha value is -1.13. The van der Waals surface area contributed by atoms with Crippen molar-refractivity contribution < 1.29 is 20.1 Å². The van der Waals surface area contributed by atoms with Crippen LogP contribution in [0.15, 0.2) is 23.3 Å². The second-order valence-corrected chi connectivity index (χ2v) is 13.9. The van der Waals surface area contributed by atoms with Gasteiger partial charge in [0.15, 0.2) is 0 Å². The molecule has 34 heavy (non-hydrogen) atoms. The van der Waals surface area contributed by atoms with Gasteiger partial charge in [0.2, 0.25) is 0 Å². The summed E-state index contributed by atoms with van der Waals surface area (Å²) in [5, 5.41) is 31.8. The molecule has 0 aromatic rings. The molecular formula is C30H46O4. The average molecular weight is 471 g/mol. The summed E-state index contributed by atoms with van der Waals surface area (Å²) < 4.78 is 0. The van der Waals surface area contributed by atoms with Gasteiger partial charge in [-0.1, -0.05) is 51.0 Å². The minimum Gasteiger partial charge on any atom is -0.481 e. The largest absolute Gasteiger partial charge is 0.481 e. The lowest BCUT2D eigenvalue weighted by Gasteiger charge is -2.71. The SMILES string of the molecule is CC1=CC[C@]2(CO)CC[C@]3(C)C(=CC[C@@H]4[C@@]5(C)CC[C@H](O)[C@@](C)(C(=O)O)[C@@H]5CC[C@]43C)[C@@H]2[C@@H]1C. The van der Waals surface area contributed by atoms with Crippen LogP contribution < -0.4 is 0 Å². The molecule has 4 nitrogen and oxygen atoms in total. The van der Waals surface area contributed by atoms with Gasteiger partial charge in [-0.05, 0) is 105 Å². The number of hydrogen-bond donors (Lipinski definition) is 3. The first-order valence-corrected chi connectivity index (χ1v) is 13.7. The molecule has 4 heteroatoms. The molecule has 190 valence electrons. The number of rotatable bonds is 2. The maximum atomic E-state index is 12.5. The fraction of sp³-hybridized carbons (Fsp3) is 0.833. The van der Waals surface area contributed by atoms with Crippen molar-refractivity contribution in [1.82, 2.24) is 0 Å². The first-order chi connectivity index (χ1) is 15.8. The summed E-state index contributed by atoms with van der Waals surface area (Å²) in [6.07, 6.45) is 11.7. The minimum absolute atomic E-state index is 0.00298.